The molecule has 0 radical (unpaired) electrons. The van der Waals surface area contributed by atoms with Crippen LogP contribution in [0.4, 0.5) is 10.1 Å². The second kappa shape index (κ2) is 12.3. The molecule has 3 rings (SSSR count). The van der Waals surface area contributed by atoms with Crippen molar-refractivity contribution in [3.05, 3.63) is 59.9 Å². The Morgan fingerprint density at radius 1 is 1.16 bits per heavy atom. The zero-order chi connectivity index (χ0) is 21.3. The third kappa shape index (κ3) is 6.71. The molecule has 2 aromatic carbocycles. The molecule has 1 atom stereocenters. The van der Waals surface area contributed by atoms with E-state index in [1.807, 2.05) is 18.2 Å². The number of guanidine groups is 1. The van der Waals surface area contributed by atoms with Crippen molar-refractivity contribution in [2.75, 3.05) is 45.2 Å². The van der Waals surface area contributed by atoms with E-state index in [0.717, 1.165) is 30.9 Å². The fourth-order valence-corrected chi connectivity index (χ4v) is 3.47. The smallest absolute Gasteiger partial charge is 0.254 e. The third-order valence-electron chi connectivity index (χ3n) is 5.00. The van der Waals surface area contributed by atoms with E-state index in [1.54, 1.807) is 26.3 Å². The number of amides is 1. The van der Waals surface area contributed by atoms with Crippen molar-refractivity contribution in [1.29, 1.82) is 0 Å². The lowest BCUT2D eigenvalue weighted by atomic mass is 10.2. The van der Waals surface area contributed by atoms with Crippen LogP contribution in [-0.2, 0) is 0 Å². The molecule has 3 N–H and O–H groups in total. The summed E-state index contributed by atoms with van der Waals surface area (Å²) in [4.78, 5) is 18.6. The molecule has 31 heavy (non-hydrogen) atoms. The maximum Gasteiger partial charge on any atom is 0.254 e. The van der Waals surface area contributed by atoms with Gasteiger partial charge in [-0.15, -0.1) is 24.0 Å². The van der Waals surface area contributed by atoms with Gasteiger partial charge >= 0.3 is 0 Å². The summed E-state index contributed by atoms with van der Waals surface area (Å²) in [6.45, 7) is 2.59. The predicted molar refractivity (Wildman–Crippen MR) is 132 cm³/mol. The normalized spacial score (nSPS) is 15.8. The van der Waals surface area contributed by atoms with Crippen LogP contribution in [-0.4, -0.2) is 58.2 Å². The van der Waals surface area contributed by atoms with E-state index in [-0.39, 0.29) is 35.6 Å². The Hall–Kier alpha value is -2.56. The summed E-state index contributed by atoms with van der Waals surface area (Å²) >= 11 is 0. The summed E-state index contributed by atoms with van der Waals surface area (Å²) in [6, 6.07) is 14.2. The number of rotatable bonds is 7. The largest absolute Gasteiger partial charge is 0.495 e. The Kier molecular flexibility index (Phi) is 9.83. The van der Waals surface area contributed by atoms with E-state index in [1.165, 1.54) is 12.1 Å². The number of para-hydroxylation sites is 2. The van der Waals surface area contributed by atoms with E-state index >= 15 is 0 Å². The lowest BCUT2D eigenvalue weighted by molar-refractivity contribution is 0.0950. The molecule has 9 heteroatoms. The first-order valence-corrected chi connectivity index (χ1v) is 10.00. The number of carbonyl (C=O) groups excluding carboxylic acids is 1. The Balaban J connectivity index is 0.00000341. The summed E-state index contributed by atoms with van der Waals surface area (Å²) in [5.41, 5.74) is 1.13. The highest BCUT2D eigenvalue weighted by atomic mass is 127. The van der Waals surface area contributed by atoms with E-state index in [9.17, 15) is 9.18 Å². The van der Waals surface area contributed by atoms with Crippen molar-refractivity contribution in [2.24, 2.45) is 4.99 Å². The SMILES string of the molecule is CN=C(NCCNC(=O)c1ccccc1F)NC1CCN(c2ccccc2OC)C1.I. The molecule has 1 amide bonds. The number of nitrogens with zero attached hydrogens (tertiary/aromatic N) is 2. The van der Waals surface area contributed by atoms with Crippen molar-refractivity contribution < 1.29 is 13.9 Å². The molecular formula is C22H29FIN5O2. The second-order valence-corrected chi connectivity index (χ2v) is 6.98. The van der Waals surface area contributed by atoms with E-state index < -0.39 is 11.7 Å². The number of methoxy groups -OCH3 is 1. The van der Waals surface area contributed by atoms with Gasteiger partial charge in [0.1, 0.15) is 11.6 Å². The molecule has 1 unspecified atom stereocenters. The summed E-state index contributed by atoms with van der Waals surface area (Å²) in [7, 11) is 3.39. The fourth-order valence-electron chi connectivity index (χ4n) is 3.47. The standard InChI is InChI=1S/C22H28FN5O2.HI/c1-24-22(26-13-12-25-21(29)17-7-3-4-8-18(17)23)27-16-11-14-28(15-16)19-9-5-6-10-20(19)30-2;/h3-10,16H,11-15H2,1-2H3,(H,25,29)(H2,24,26,27);1H. The predicted octanol–water partition coefficient (Wildman–Crippen LogP) is 2.63. The molecule has 0 bridgehead atoms. The number of ether oxygens (including phenoxy) is 1. The molecular weight excluding hydrogens is 512 g/mol. The molecule has 0 aromatic heterocycles. The minimum absolute atomic E-state index is 0. The van der Waals surface area contributed by atoms with Crippen LogP contribution in [0.1, 0.15) is 16.8 Å². The Bertz CT molecular complexity index is 896. The first-order chi connectivity index (χ1) is 14.6. The monoisotopic (exact) mass is 541 g/mol. The third-order valence-corrected chi connectivity index (χ3v) is 5.00. The number of nitrogens with one attached hydrogen (secondary N) is 3. The highest BCUT2D eigenvalue weighted by Crippen LogP contribution is 2.30. The van der Waals surface area contributed by atoms with Gasteiger partial charge in [-0.25, -0.2) is 4.39 Å². The lowest BCUT2D eigenvalue weighted by Crippen LogP contribution is -2.46. The molecule has 0 spiro atoms. The minimum atomic E-state index is -0.527. The molecule has 2 aromatic rings. The van der Waals surface area contributed by atoms with Crippen LogP contribution in [0.5, 0.6) is 5.75 Å². The summed E-state index contributed by atoms with van der Waals surface area (Å²) in [6.07, 6.45) is 0.975. The summed E-state index contributed by atoms with van der Waals surface area (Å²) in [5.74, 6) is 0.579. The highest BCUT2D eigenvalue weighted by molar-refractivity contribution is 14.0. The molecule has 0 aliphatic carbocycles. The van der Waals surface area contributed by atoms with Crippen LogP contribution in [0.2, 0.25) is 0 Å². The van der Waals surface area contributed by atoms with Crippen LogP contribution >= 0.6 is 24.0 Å². The van der Waals surface area contributed by atoms with Gasteiger partial charge in [-0.3, -0.25) is 9.79 Å². The van der Waals surface area contributed by atoms with Crippen LogP contribution in [0.15, 0.2) is 53.5 Å². The van der Waals surface area contributed by atoms with Gasteiger partial charge in [0.05, 0.1) is 18.4 Å². The zero-order valence-corrected chi connectivity index (χ0v) is 20.1. The number of carbonyl (C=O) groups is 1. The van der Waals surface area contributed by atoms with Gasteiger partial charge in [0.15, 0.2) is 5.96 Å². The van der Waals surface area contributed by atoms with Gasteiger partial charge in [0.25, 0.3) is 5.91 Å². The average molecular weight is 541 g/mol. The quantitative estimate of drug-likeness (QED) is 0.218. The number of benzene rings is 2. The molecule has 1 aliphatic heterocycles. The highest BCUT2D eigenvalue weighted by Gasteiger charge is 2.25. The summed E-state index contributed by atoms with van der Waals surface area (Å²) < 4.78 is 19.1. The zero-order valence-electron chi connectivity index (χ0n) is 17.7. The van der Waals surface area contributed by atoms with Crippen LogP contribution < -0.4 is 25.6 Å². The van der Waals surface area contributed by atoms with Crippen molar-refractivity contribution >= 4 is 41.5 Å². The number of hydrogen-bond acceptors (Lipinski definition) is 4. The molecule has 7 nitrogen and oxygen atoms in total. The van der Waals surface area contributed by atoms with E-state index in [2.05, 4.69) is 31.9 Å². The van der Waals surface area contributed by atoms with Crippen molar-refractivity contribution in [3.8, 4) is 5.75 Å². The number of anilines is 1. The molecule has 168 valence electrons. The Morgan fingerprint density at radius 2 is 1.87 bits per heavy atom. The van der Waals surface area contributed by atoms with Crippen LogP contribution in [0, 0.1) is 5.82 Å². The molecule has 1 saturated heterocycles. The topological polar surface area (TPSA) is 78.0 Å². The Labute approximate surface area is 199 Å². The first-order valence-electron chi connectivity index (χ1n) is 10.00. The lowest BCUT2D eigenvalue weighted by Gasteiger charge is -2.22. The number of halogens is 2. The summed E-state index contributed by atoms with van der Waals surface area (Å²) in [5, 5.41) is 9.31. The number of hydrogen-bond donors (Lipinski definition) is 3. The van der Waals surface area contributed by atoms with Crippen molar-refractivity contribution in [2.45, 2.75) is 12.5 Å². The second-order valence-electron chi connectivity index (χ2n) is 6.98. The molecule has 1 fully saturated rings. The van der Waals surface area contributed by atoms with Crippen LogP contribution in [0.3, 0.4) is 0 Å². The van der Waals surface area contributed by atoms with Crippen molar-refractivity contribution in [3.63, 3.8) is 0 Å². The van der Waals surface area contributed by atoms with Crippen LogP contribution in [0.25, 0.3) is 0 Å². The maximum absolute atomic E-state index is 13.6. The Morgan fingerprint density at radius 3 is 2.61 bits per heavy atom. The molecule has 1 heterocycles. The van der Waals surface area contributed by atoms with E-state index in [0.29, 0.717) is 19.0 Å². The fraction of sp³-hybridized carbons (Fsp3) is 0.364. The van der Waals surface area contributed by atoms with Gasteiger partial charge in [-0.2, -0.15) is 0 Å². The van der Waals surface area contributed by atoms with Gasteiger partial charge < -0.3 is 25.6 Å². The first kappa shape index (κ1) is 24.7. The minimum Gasteiger partial charge on any atom is -0.495 e. The maximum atomic E-state index is 13.6. The van der Waals surface area contributed by atoms with E-state index in [4.69, 9.17) is 4.74 Å². The number of aliphatic imine (C=N–C) groups is 1. The van der Waals surface area contributed by atoms with Crippen molar-refractivity contribution in [1.82, 2.24) is 16.0 Å². The van der Waals surface area contributed by atoms with Gasteiger partial charge in [-0.1, -0.05) is 24.3 Å². The van der Waals surface area contributed by atoms with Gasteiger partial charge in [0, 0.05) is 39.3 Å². The van der Waals surface area contributed by atoms with Gasteiger partial charge in [-0.05, 0) is 30.7 Å². The average Bonchev–Trinajstić information content (AvgIpc) is 3.24. The molecule has 1 aliphatic rings. The van der Waals surface area contributed by atoms with Gasteiger partial charge in [0.2, 0.25) is 0 Å². The molecule has 0 saturated carbocycles.